The molecule has 2 N–H and O–H groups in total. The average Bonchev–Trinajstić information content (AvgIpc) is 2.28. The summed E-state index contributed by atoms with van der Waals surface area (Å²) in [4.78, 5) is 9.53. The van der Waals surface area contributed by atoms with Crippen molar-refractivity contribution in [2.45, 2.75) is 31.2 Å². The summed E-state index contributed by atoms with van der Waals surface area (Å²) < 4.78 is 26.1. The van der Waals surface area contributed by atoms with Crippen molar-refractivity contribution in [2.75, 3.05) is 0 Å². The minimum atomic E-state index is -3.81. The van der Waals surface area contributed by atoms with Crippen LogP contribution in [0, 0.1) is 10.1 Å². The van der Waals surface area contributed by atoms with E-state index in [0.29, 0.717) is 6.42 Å². The van der Waals surface area contributed by atoms with Gasteiger partial charge in [0, 0.05) is 12.1 Å². The number of nitro benzene ring substituents is 1. The molecule has 0 aliphatic rings. The van der Waals surface area contributed by atoms with Gasteiger partial charge in [0.1, 0.15) is 0 Å². The molecular weight excluding hydrogens is 260 g/mol. The molecule has 0 radical (unpaired) electrons. The van der Waals surface area contributed by atoms with Crippen molar-refractivity contribution in [3.63, 3.8) is 0 Å². The van der Waals surface area contributed by atoms with Crippen molar-refractivity contribution in [1.29, 1.82) is 0 Å². The number of benzene rings is 1. The first-order chi connectivity index (χ1) is 8.27. The fourth-order valence-electron chi connectivity index (χ4n) is 1.23. The van der Waals surface area contributed by atoms with Crippen LogP contribution < -0.4 is 4.72 Å². The lowest BCUT2D eigenvalue weighted by molar-refractivity contribution is -0.386. The molecule has 0 aliphatic carbocycles. The summed E-state index contributed by atoms with van der Waals surface area (Å²) in [5.74, 6) is -0.567. The Morgan fingerprint density at radius 1 is 1.50 bits per heavy atom. The summed E-state index contributed by atoms with van der Waals surface area (Å²) in [6.45, 7) is 3.50. The van der Waals surface area contributed by atoms with Crippen LogP contribution in [0.4, 0.5) is 5.69 Å². The fraction of sp³-hybridized carbons (Fsp3) is 0.400. The standard InChI is InChI=1S/C10H14N2O5S/c1-3-7(2)11-18(16,17)8-4-5-10(13)9(6-8)12(14)15/h4-7,11,13H,3H2,1-2H3/t7-/m0/s1. The van der Waals surface area contributed by atoms with Crippen LogP contribution in [-0.2, 0) is 10.0 Å². The number of nitrogens with one attached hydrogen (secondary N) is 1. The van der Waals surface area contributed by atoms with Crippen LogP contribution in [0.15, 0.2) is 23.1 Å². The lowest BCUT2D eigenvalue weighted by Gasteiger charge is -2.11. The van der Waals surface area contributed by atoms with E-state index in [-0.39, 0.29) is 10.9 Å². The molecule has 18 heavy (non-hydrogen) atoms. The quantitative estimate of drug-likeness (QED) is 0.622. The third-order valence-corrected chi connectivity index (χ3v) is 4.01. The first-order valence-electron chi connectivity index (χ1n) is 5.27. The van der Waals surface area contributed by atoms with Gasteiger partial charge in [-0.3, -0.25) is 10.1 Å². The lowest BCUT2D eigenvalue weighted by atomic mass is 10.3. The third kappa shape index (κ3) is 3.17. The second-order valence-electron chi connectivity index (χ2n) is 3.84. The van der Waals surface area contributed by atoms with Crippen LogP contribution in [0.3, 0.4) is 0 Å². The van der Waals surface area contributed by atoms with E-state index < -0.39 is 26.4 Å². The number of nitrogens with zero attached hydrogens (tertiary/aromatic N) is 1. The summed E-state index contributed by atoms with van der Waals surface area (Å²) >= 11 is 0. The number of nitro groups is 1. The summed E-state index contributed by atoms with van der Waals surface area (Å²) in [5.41, 5.74) is -0.637. The molecule has 100 valence electrons. The summed E-state index contributed by atoms with van der Waals surface area (Å²) in [6.07, 6.45) is 0.597. The van der Waals surface area contributed by atoms with Gasteiger partial charge in [0.2, 0.25) is 10.0 Å². The highest BCUT2D eigenvalue weighted by Gasteiger charge is 2.22. The Labute approximate surface area is 105 Å². The Bertz CT molecular complexity index is 555. The Morgan fingerprint density at radius 3 is 2.61 bits per heavy atom. The van der Waals surface area contributed by atoms with Gasteiger partial charge in [0.05, 0.1) is 9.82 Å². The number of phenols is 1. The number of hydrogen-bond donors (Lipinski definition) is 2. The van der Waals surface area contributed by atoms with E-state index in [2.05, 4.69) is 4.72 Å². The molecule has 1 rings (SSSR count). The molecule has 0 aromatic heterocycles. The topological polar surface area (TPSA) is 110 Å². The summed E-state index contributed by atoms with van der Waals surface area (Å²) in [6, 6.07) is 2.67. The van der Waals surface area contributed by atoms with Crippen molar-refractivity contribution in [3.8, 4) is 5.75 Å². The normalized spacial score (nSPS) is 13.2. The molecule has 0 heterocycles. The molecule has 1 aromatic rings. The van der Waals surface area contributed by atoms with Gasteiger partial charge in [-0.2, -0.15) is 0 Å². The largest absolute Gasteiger partial charge is 0.502 e. The zero-order chi connectivity index (χ0) is 13.9. The van der Waals surface area contributed by atoms with Crippen LogP contribution >= 0.6 is 0 Å². The predicted octanol–water partition coefficient (Wildman–Crippen LogP) is 1.38. The molecule has 1 atom stereocenters. The van der Waals surface area contributed by atoms with E-state index in [0.717, 1.165) is 18.2 Å². The number of rotatable bonds is 5. The van der Waals surface area contributed by atoms with Gasteiger partial charge < -0.3 is 5.11 Å². The molecule has 1 aromatic carbocycles. The summed E-state index contributed by atoms with van der Waals surface area (Å²) in [7, 11) is -3.81. The van der Waals surface area contributed by atoms with E-state index in [4.69, 9.17) is 0 Å². The fourth-order valence-corrected chi connectivity index (χ4v) is 2.58. The zero-order valence-corrected chi connectivity index (χ0v) is 10.8. The number of aromatic hydroxyl groups is 1. The smallest absolute Gasteiger partial charge is 0.312 e. The molecule has 0 amide bonds. The molecule has 0 spiro atoms. The molecular formula is C10H14N2O5S. The Hall–Kier alpha value is -1.67. The first-order valence-corrected chi connectivity index (χ1v) is 6.76. The maximum Gasteiger partial charge on any atom is 0.312 e. The van der Waals surface area contributed by atoms with Crippen molar-refractivity contribution >= 4 is 15.7 Å². The maximum atomic E-state index is 11.9. The molecule has 0 saturated carbocycles. The predicted molar refractivity (Wildman–Crippen MR) is 64.8 cm³/mol. The van der Waals surface area contributed by atoms with Gasteiger partial charge >= 0.3 is 5.69 Å². The Morgan fingerprint density at radius 2 is 2.11 bits per heavy atom. The van der Waals surface area contributed by atoms with Crippen LogP contribution in [0.5, 0.6) is 5.75 Å². The lowest BCUT2D eigenvalue weighted by Crippen LogP contribution is -2.32. The van der Waals surface area contributed by atoms with Crippen LogP contribution in [0.25, 0.3) is 0 Å². The summed E-state index contributed by atoms with van der Waals surface area (Å²) in [5, 5.41) is 19.9. The third-order valence-electron chi connectivity index (χ3n) is 2.42. The molecule has 0 aliphatic heterocycles. The zero-order valence-electron chi connectivity index (χ0n) is 9.95. The minimum Gasteiger partial charge on any atom is -0.502 e. The molecule has 0 unspecified atom stereocenters. The van der Waals surface area contributed by atoms with Gasteiger partial charge in [0.15, 0.2) is 5.75 Å². The van der Waals surface area contributed by atoms with Crippen molar-refractivity contribution in [3.05, 3.63) is 28.3 Å². The van der Waals surface area contributed by atoms with Crippen LogP contribution in [0.2, 0.25) is 0 Å². The van der Waals surface area contributed by atoms with E-state index in [9.17, 15) is 23.6 Å². The second kappa shape index (κ2) is 5.32. The van der Waals surface area contributed by atoms with Gasteiger partial charge in [-0.15, -0.1) is 0 Å². The van der Waals surface area contributed by atoms with Crippen LogP contribution in [-0.4, -0.2) is 24.5 Å². The molecule has 8 heteroatoms. The molecule has 7 nitrogen and oxygen atoms in total. The number of sulfonamides is 1. The number of phenolic OH excluding ortho intramolecular Hbond substituents is 1. The Kier molecular flexibility index (Phi) is 4.25. The van der Waals surface area contributed by atoms with Gasteiger partial charge in [-0.05, 0) is 25.5 Å². The minimum absolute atomic E-state index is 0.243. The molecule has 0 saturated heterocycles. The van der Waals surface area contributed by atoms with E-state index in [1.54, 1.807) is 6.92 Å². The van der Waals surface area contributed by atoms with Gasteiger partial charge in [0.25, 0.3) is 0 Å². The highest BCUT2D eigenvalue weighted by atomic mass is 32.2. The van der Waals surface area contributed by atoms with Gasteiger partial charge in [-0.1, -0.05) is 6.92 Å². The monoisotopic (exact) mass is 274 g/mol. The first kappa shape index (κ1) is 14.4. The van der Waals surface area contributed by atoms with Crippen molar-refractivity contribution in [1.82, 2.24) is 4.72 Å². The second-order valence-corrected chi connectivity index (χ2v) is 5.55. The van der Waals surface area contributed by atoms with E-state index >= 15 is 0 Å². The molecule has 0 bridgehead atoms. The highest BCUT2D eigenvalue weighted by molar-refractivity contribution is 7.89. The number of hydrogen-bond acceptors (Lipinski definition) is 5. The maximum absolute atomic E-state index is 11.9. The van der Waals surface area contributed by atoms with Crippen molar-refractivity contribution < 1.29 is 18.4 Å². The highest BCUT2D eigenvalue weighted by Crippen LogP contribution is 2.28. The van der Waals surface area contributed by atoms with Crippen LogP contribution in [0.1, 0.15) is 20.3 Å². The molecule has 0 fully saturated rings. The average molecular weight is 274 g/mol. The Balaban J connectivity index is 3.18. The van der Waals surface area contributed by atoms with E-state index in [1.165, 1.54) is 0 Å². The van der Waals surface area contributed by atoms with E-state index in [1.807, 2.05) is 6.92 Å². The van der Waals surface area contributed by atoms with Gasteiger partial charge in [-0.25, -0.2) is 13.1 Å². The SMILES string of the molecule is CC[C@H](C)NS(=O)(=O)c1ccc(O)c([N+](=O)[O-])c1. The van der Waals surface area contributed by atoms with Crippen molar-refractivity contribution in [2.24, 2.45) is 0 Å².